The summed E-state index contributed by atoms with van der Waals surface area (Å²) in [6, 6.07) is 1.50. The highest BCUT2D eigenvalue weighted by molar-refractivity contribution is 5.44. The average molecular weight is 196 g/mol. The van der Waals surface area contributed by atoms with Crippen molar-refractivity contribution in [1.82, 2.24) is 9.97 Å². The van der Waals surface area contributed by atoms with Crippen molar-refractivity contribution in [3.63, 3.8) is 0 Å². The fourth-order valence-corrected chi connectivity index (χ4v) is 1.72. The fraction of sp³-hybridized carbons (Fsp3) is 0.556. The Hall–Kier alpha value is -1.39. The van der Waals surface area contributed by atoms with Crippen LogP contribution in [0.3, 0.4) is 0 Å². The Morgan fingerprint density at radius 3 is 2.93 bits per heavy atom. The molecule has 2 atom stereocenters. The van der Waals surface area contributed by atoms with Gasteiger partial charge in [0.1, 0.15) is 24.1 Å². The molecule has 0 saturated heterocycles. The zero-order valence-electron chi connectivity index (χ0n) is 7.78. The largest absolute Gasteiger partial charge is 0.384 e. The molecule has 1 fully saturated rings. The third kappa shape index (κ3) is 1.92. The van der Waals surface area contributed by atoms with Gasteiger partial charge in [-0.25, -0.2) is 14.4 Å². The summed E-state index contributed by atoms with van der Waals surface area (Å²) >= 11 is 0. The first-order valence-electron chi connectivity index (χ1n) is 4.74. The highest BCUT2D eigenvalue weighted by atomic mass is 19.1. The molecule has 0 spiro atoms. The lowest BCUT2D eigenvalue weighted by Crippen LogP contribution is -2.25. The van der Waals surface area contributed by atoms with E-state index >= 15 is 0 Å². The van der Waals surface area contributed by atoms with Gasteiger partial charge in [0.15, 0.2) is 0 Å². The van der Waals surface area contributed by atoms with E-state index in [4.69, 9.17) is 5.73 Å². The topological polar surface area (TPSA) is 63.8 Å². The van der Waals surface area contributed by atoms with Gasteiger partial charge in [0.25, 0.3) is 0 Å². The van der Waals surface area contributed by atoms with E-state index in [9.17, 15) is 4.39 Å². The highest BCUT2D eigenvalue weighted by Crippen LogP contribution is 2.24. The molecule has 0 aromatic carbocycles. The SMILES string of the molecule is Nc1cc(N[C@@H]2CCC[C@H]2F)ncn1. The van der Waals surface area contributed by atoms with Crippen molar-refractivity contribution in [3.05, 3.63) is 12.4 Å². The number of halogens is 1. The lowest BCUT2D eigenvalue weighted by atomic mass is 10.2. The van der Waals surface area contributed by atoms with Gasteiger partial charge >= 0.3 is 0 Å². The molecule has 1 aromatic heterocycles. The van der Waals surface area contributed by atoms with Gasteiger partial charge < -0.3 is 11.1 Å². The normalized spacial score (nSPS) is 26.4. The van der Waals surface area contributed by atoms with Gasteiger partial charge in [-0.05, 0) is 19.3 Å². The number of hydrogen-bond donors (Lipinski definition) is 2. The van der Waals surface area contributed by atoms with E-state index in [1.807, 2.05) is 0 Å². The Morgan fingerprint density at radius 2 is 2.29 bits per heavy atom. The van der Waals surface area contributed by atoms with Gasteiger partial charge in [0, 0.05) is 6.07 Å². The average Bonchev–Trinajstić information content (AvgIpc) is 2.52. The highest BCUT2D eigenvalue weighted by Gasteiger charge is 2.26. The molecule has 0 amide bonds. The van der Waals surface area contributed by atoms with Crippen LogP contribution in [0.15, 0.2) is 12.4 Å². The lowest BCUT2D eigenvalue weighted by molar-refractivity contribution is 0.323. The first kappa shape index (κ1) is 9.18. The minimum Gasteiger partial charge on any atom is -0.384 e. The van der Waals surface area contributed by atoms with Gasteiger partial charge in [-0.15, -0.1) is 0 Å². The van der Waals surface area contributed by atoms with Crippen LogP contribution in [0.5, 0.6) is 0 Å². The smallest absolute Gasteiger partial charge is 0.131 e. The monoisotopic (exact) mass is 196 g/mol. The number of nitrogen functional groups attached to an aromatic ring is 1. The number of nitrogens with two attached hydrogens (primary N) is 1. The second-order valence-corrected chi connectivity index (χ2v) is 3.53. The summed E-state index contributed by atoms with van der Waals surface area (Å²) in [6.45, 7) is 0. The molecule has 14 heavy (non-hydrogen) atoms. The summed E-state index contributed by atoms with van der Waals surface area (Å²) in [5.74, 6) is 1.00. The number of aromatic nitrogens is 2. The molecule has 0 unspecified atom stereocenters. The molecule has 1 aromatic rings. The molecular formula is C9H13FN4. The van der Waals surface area contributed by atoms with Crippen molar-refractivity contribution in [2.75, 3.05) is 11.1 Å². The molecule has 4 nitrogen and oxygen atoms in total. The summed E-state index contributed by atoms with van der Waals surface area (Å²) < 4.78 is 13.2. The predicted octanol–water partition coefficient (Wildman–Crippen LogP) is 1.36. The molecule has 76 valence electrons. The standard InChI is InChI=1S/C9H13FN4/c10-6-2-1-3-7(6)14-9-4-8(11)12-5-13-9/h4-7H,1-3H2,(H3,11,12,13,14)/t6-,7-/m1/s1. The van der Waals surface area contributed by atoms with Crippen molar-refractivity contribution in [1.29, 1.82) is 0 Å². The van der Waals surface area contributed by atoms with Crippen molar-refractivity contribution in [3.8, 4) is 0 Å². The first-order chi connectivity index (χ1) is 6.75. The lowest BCUT2D eigenvalue weighted by Gasteiger charge is -2.15. The van der Waals surface area contributed by atoms with Crippen LogP contribution in [0.4, 0.5) is 16.0 Å². The van der Waals surface area contributed by atoms with Crippen molar-refractivity contribution in [2.24, 2.45) is 0 Å². The molecule has 1 heterocycles. The minimum absolute atomic E-state index is 0.121. The van der Waals surface area contributed by atoms with E-state index < -0.39 is 6.17 Å². The molecule has 0 aliphatic heterocycles. The number of alkyl halides is 1. The molecular weight excluding hydrogens is 183 g/mol. The quantitative estimate of drug-likeness (QED) is 0.749. The maximum atomic E-state index is 13.2. The van der Waals surface area contributed by atoms with E-state index in [0.717, 1.165) is 12.8 Å². The zero-order chi connectivity index (χ0) is 9.97. The third-order valence-electron chi connectivity index (χ3n) is 2.45. The Morgan fingerprint density at radius 1 is 1.43 bits per heavy atom. The number of hydrogen-bond acceptors (Lipinski definition) is 4. The van der Waals surface area contributed by atoms with Crippen molar-refractivity contribution in [2.45, 2.75) is 31.5 Å². The number of rotatable bonds is 2. The van der Waals surface area contributed by atoms with Crippen LogP contribution in [-0.2, 0) is 0 Å². The van der Waals surface area contributed by atoms with Crippen LogP contribution in [0.1, 0.15) is 19.3 Å². The van der Waals surface area contributed by atoms with Gasteiger partial charge in [-0.3, -0.25) is 0 Å². The maximum Gasteiger partial charge on any atom is 0.131 e. The minimum atomic E-state index is -0.772. The van der Waals surface area contributed by atoms with E-state index in [1.165, 1.54) is 6.33 Å². The summed E-state index contributed by atoms with van der Waals surface area (Å²) in [5.41, 5.74) is 5.48. The Kier molecular flexibility index (Phi) is 2.47. The van der Waals surface area contributed by atoms with E-state index in [1.54, 1.807) is 6.07 Å². The van der Waals surface area contributed by atoms with Crippen LogP contribution in [0.2, 0.25) is 0 Å². The summed E-state index contributed by atoms with van der Waals surface area (Å²) in [6.07, 6.45) is 3.02. The second kappa shape index (κ2) is 3.77. The van der Waals surface area contributed by atoms with Crippen LogP contribution < -0.4 is 11.1 Å². The number of nitrogens with zero attached hydrogens (tertiary/aromatic N) is 2. The molecule has 1 saturated carbocycles. The first-order valence-corrected chi connectivity index (χ1v) is 4.74. The molecule has 1 aliphatic rings. The molecule has 0 bridgehead atoms. The van der Waals surface area contributed by atoms with Crippen LogP contribution in [-0.4, -0.2) is 22.2 Å². The molecule has 1 aliphatic carbocycles. The second-order valence-electron chi connectivity index (χ2n) is 3.53. The predicted molar refractivity (Wildman–Crippen MR) is 52.6 cm³/mol. The fourth-order valence-electron chi connectivity index (χ4n) is 1.72. The Balaban J connectivity index is 2.03. The number of anilines is 2. The summed E-state index contributed by atoms with van der Waals surface area (Å²) in [4.78, 5) is 7.73. The third-order valence-corrected chi connectivity index (χ3v) is 2.45. The summed E-state index contributed by atoms with van der Waals surface area (Å²) in [5, 5.41) is 3.03. The van der Waals surface area contributed by atoms with Gasteiger partial charge in [-0.2, -0.15) is 0 Å². The van der Waals surface area contributed by atoms with Crippen molar-refractivity contribution < 1.29 is 4.39 Å². The van der Waals surface area contributed by atoms with Crippen LogP contribution in [0, 0.1) is 0 Å². The van der Waals surface area contributed by atoms with E-state index in [0.29, 0.717) is 18.1 Å². The van der Waals surface area contributed by atoms with Gasteiger partial charge in [0.05, 0.1) is 6.04 Å². The summed E-state index contributed by atoms with van der Waals surface area (Å²) in [7, 11) is 0. The molecule has 0 radical (unpaired) electrons. The molecule has 2 rings (SSSR count). The Bertz CT molecular complexity index is 317. The van der Waals surface area contributed by atoms with E-state index in [-0.39, 0.29) is 6.04 Å². The zero-order valence-corrected chi connectivity index (χ0v) is 7.78. The Labute approximate surface area is 81.7 Å². The van der Waals surface area contributed by atoms with Gasteiger partial charge in [-0.1, -0.05) is 0 Å². The van der Waals surface area contributed by atoms with E-state index in [2.05, 4.69) is 15.3 Å². The van der Waals surface area contributed by atoms with Gasteiger partial charge in [0.2, 0.25) is 0 Å². The van der Waals surface area contributed by atoms with Crippen molar-refractivity contribution >= 4 is 11.6 Å². The van der Waals surface area contributed by atoms with Crippen LogP contribution in [0.25, 0.3) is 0 Å². The van der Waals surface area contributed by atoms with Crippen LogP contribution >= 0.6 is 0 Å². The maximum absolute atomic E-state index is 13.2. The molecule has 5 heteroatoms. The molecule has 3 N–H and O–H groups in total. The number of nitrogens with one attached hydrogen (secondary N) is 1.